The van der Waals surface area contributed by atoms with Gasteiger partial charge in [0.25, 0.3) is 5.95 Å². The number of hydrogen-bond donors (Lipinski definition) is 1. The van der Waals surface area contributed by atoms with Gasteiger partial charge in [0.15, 0.2) is 0 Å². The van der Waals surface area contributed by atoms with Crippen LogP contribution in [0.5, 0.6) is 6.01 Å². The molecule has 0 fully saturated rings. The Hall–Kier alpha value is -2.48. The van der Waals surface area contributed by atoms with E-state index in [1.807, 2.05) is 11.4 Å². The Morgan fingerprint density at radius 2 is 2.24 bits per heavy atom. The zero-order valence-electron chi connectivity index (χ0n) is 11.4. The van der Waals surface area contributed by atoms with E-state index in [4.69, 9.17) is 4.74 Å². The Bertz CT molecular complexity index is 683. The van der Waals surface area contributed by atoms with Crippen LogP contribution in [0, 0.1) is 0 Å². The summed E-state index contributed by atoms with van der Waals surface area (Å²) in [7, 11) is 1.75. The predicted molar refractivity (Wildman–Crippen MR) is 80.0 cm³/mol. The summed E-state index contributed by atoms with van der Waals surface area (Å²) in [6.07, 6.45) is 4.26. The molecule has 8 heteroatoms. The quantitative estimate of drug-likeness (QED) is 0.748. The first kappa shape index (κ1) is 13.5. The van der Waals surface area contributed by atoms with E-state index in [0.29, 0.717) is 18.5 Å². The average molecular weight is 302 g/mol. The van der Waals surface area contributed by atoms with Crippen LogP contribution in [-0.2, 0) is 6.42 Å². The van der Waals surface area contributed by atoms with E-state index in [-0.39, 0.29) is 6.01 Å². The van der Waals surface area contributed by atoms with Crippen LogP contribution in [0.1, 0.15) is 4.88 Å². The predicted octanol–water partition coefficient (Wildman–Crippen LogP) is 1.78. The summed E-state index contributed by atoms with van der Waals surface area (Å²) in [5.74, 6) is 0.868. The first-order chi connectivity index (χ1) is 10.3. The van der Waals surface area contributed by atoms with Gasteiger partial charge in [-0.25, -0.2) is 4.68 Å². The van der Waals surface area contributed by atoms with Crippen LogP contribution < -0.4 is 10.1 Å². The maximum Gasteiger partial charge on any atom is 0.323 e. The van der Waals surface area contributed by atoms with Gasteiger partial charge >= 0.3 is 6.01 Å². The minimum absolute atomic E-state index is 0.288. The summed E-state index contributed by atoms with van der Waals surface area (Å²) >= 11 is 1.71. The second kappa shape index (κ2) is 6.31. The fourth-order valence-corrected chi connectivity index (χ4v) is 2.40. The molecule has 3 rings (SSSR count). The Kier molecular flexibility index (Phi) is 4.06. The molecule has 0 spiro atoms. The molecule has 0 atom stereocenters. The number of ether oxygens (including phenoxy) is 1. The zero-order chi connectivity index (χ0) is 14.5. The highest BCUT2D eigenvalue weighted by atomic mass is 32.1. The van der Waals surface area contributed by atoms with Crippen LogP contribution in [0.15, 0.2) is 36.0 Å². The van der Waals surface area contributed by atoms with Gasteiger partial charge in [0.1, 0.15) is 0 Å². The van der Waals surface area contributed by atoms with Crippen molar-refractivity contribution in [2.24, 2.45) is 0 Å². The summed E-state index contributed by atoms with van der Waals surface area (Å²) in [6, 6.07) is 6.20. The van der Waals surface area contributed by atoms with Gasteiger partial charge in [-0.3, -0.25) is 0 Å². The molecule has 0 unspecified atom stereocenters. The largest absolute Gasteiger partial charge is 0.463 e. The third kappa shape index (κ3) is 3.34. The number of hydrogen-bond acceptors (Lipinski definition) is 7. The maximum atomic E-state index is 5.62. The summed E-state index contributed by atoms with van der Waals surface area (Å²) in [6.45, 7) is 0.520. The number of anilines is 1. The lowest BCUT2D eigenvalue weighted by Gasteiger charge is -2.07. The highest BCUT2D eigenvalue weighted by Gasteiger charge is 2.08. The summed E-state index contributed by atoms with van der Waals surface area (Å²) < 4.78 is 7.19. The first-order valence-electron chi connectivity index (χ1n) is 6.44. The zero-order valence-corrected chi connectivity index (χ0v) is 12.2. The summed E-state index contributed by atoms with van der Waals surface area (Å²) in [5, 5.41) is 9.05. The van der Waals surface area contributed by atoms with Crippen molar-refractivity contribution in [1.29, 1.82) is 0 Å². The molecule has 0 aliphatic heterocycles. The van der Waals surface area contributed by atoms with Crippen molar-refractivity contribution >= 4 is 17.3 Å². The Balaban J connectivity index is 1.73. The molecule has 108 valence electrons. The van der Waals surface area contributed by atoms with Gasteiger partial charge in [-0.15, -0.1) is 11.3 Å². The van der Waals surface area contributed by atoms with Gasteiger partial charge in [0, 0.05) is 30.7 Å². The second-order valence-electron chi connectivity index (χ2n) is 4.12. The van der Waals surface area contributed by atoms with E-state index >= 15 is 0 Å². The van der Waals surface area contributed by atoms with Gasteiger partial charge < -0.3 is 10.1 Å². The molecule has 21 heavy (non-hydrogen) atoms. The second-order valence-corrected chi connectivity index (χ2v) is 5.15. The summed E-state index contributed by atoms with van der Waals surface area (Å²) in [5.41, 5.74) is 0. The molecule has 0 saturated heterocycles. The third-order valence-corrected chi connectivity index (χ3v) is 3.63. The lowest BCUT2D eigenvalue weighted by Crippen LogP contribution is -2.10. The molecule has 0 aliphatic carbocycles. The van der Waals surface area contributed by atoms with E-state index in [9.17, 15) is 0 Å². The average Bonchev–Trinajstić information content (AvgIpc) is 3.20. The molecular formula is C13H14N6OS. The van der Waals surface area contributed by atoms with Gasteiger partial charge in [0.05, 0.1) is 6.61 Å². The van der Waals surface area contributed by atoms with Crippen LogP contribution in [0.4, 0.5) is 5.95 Å². The van der Waals surface area contributed by atoms with Crippen molar-refractivity contribution in [2.45, 2.75) is 6.42 Å². The van der Waals surface area contributed by atoms with Crippen molar-refractivity contribution in [2.75, 3.05) is 19.0 Å². The van der Waals surface area contributed by atoms with E-state index < -0.39 is 0 Å². The molecule has 0 saturated carbocycles. The molecule has 0 bridgehead atoms. The standard InChI is InChI=1S/C13H14N6OS/c1-14-11-16-12(19-7-3-6-15-19)18-13(17-11)20-8-5-10-4-2-9-21-10/h2-4,6-7,9H,5,8H2,1H3,(H,14,16,17,18). The normalized spacial score (nSPS) is 10.5. The monoisotopic (exact) mass is 302 g/mol. The van der Waals surface area contributed by atoms with Crippen molar-refractivity contribution in [1.82, 2.24) is 24.7 Å². The topological polar surface area (TPSA) is 77.8 Å². The highest BCUT2D eigenvalue weighted by molar-refractivity contribution is 7.09. The SMILES string of the molecule is CNc1nc(OCCc2cccs2)nc(-n2cccn2)n1. The molecule has 0 aromatic carbocycles. The molecule has 3 aromatic rings. The van der Waals surface area contributed by atoms with Crippen molar-refractivity contribution in [3.05, 3.63) is 40.8 Å². The number of nitrogens with zero attached hydrogens (tertiary/aromatic N) is 5. The van der Waals surface area contributed by atoms with E-state index in [1.165, 1.54) is 4.88 Å². The van der Waals surface area contributed by atoms with Crippen LogP contribution in [0.3, 0.4) is 0 Å². The molecule has 3 aromatic heterocycles. The van der Waals surface area contributed by atoms with Crippen LogP contribution in [-0.4, -0.2) is 38.4 Å². The molecule has 0 aliphatic rings. The van der Waals surface area contributed by atoms with Gasteiger partial charge in [0.2, 0.25) is 5.95 Å². The van der Waals surface area contributed by atoms with E-state index in [1.54, 1.807) is 41.5 Å². The fraction of sp³-hybridized carbons (Fsp3) is 0.231. The van der Waals surface area contributed by atoms with Crippen molar-refractivity contribution < 1.29 is 4.74 Å². The number of rotatable bonds is 6. The lowest BCUT2D eigenvalue weighted by molar-refractivity contribution is 0.296. The van der Waals surface area contributed by atoms with E-state index in [2.05, 4.69) is 31.4 Å². The molecular weight excluding hydrogens is 288 g/mol. The van der Waals surface area contributed by atoms with Gasteiger partial charge in [-0.2, -0.15) is 20.1 Å². The number of nitrogens with one attached hydrogen (secondary N) is 1. The Labute approximate surface area is 125 Å². The smallest absolute Gasteiger partial charge is 0.323 e. The van der Waals surface area contributed by atoms with Crippen molar-refractivity contribution in [3.8, 4) is 12.0 Å². The minimum atomic E-state index is 0.288. The molecule has 7 nitrogen and oxygen atoms in total. The lowest BCUT2D eigenvalue weighted by atomic mass is 10.4. The Morgan fingerprint density at radius 1 is 1.29 bits per heavy atom. The minimum Gasteiger partial charge on any atom is -0.463 e. The van der Waals surface area contributed by atoms with Crippen molar-refractivity contribution in [3.63, 3.8) is 0 Å². The molecule has 0 radical (unpaired) electrons. The first-order valence-corrected chi connectivity index (χ1v) is 7.32. The fourth-order valence-electron chi connectivity index (χ4n) is 1.71. The van der Waals surface area contributed by atoms with Gasteiger partial charge in [-0.1, -0.05) is 6.07 Å². The molecule has 3 heterocycles. The molecule has 1 N–H and O–H groups in total. The van der Waals surface area contributed by atoms with Crippen LogP contribution in [0.25, 0.3) is 5.95 Å². The van der Waals surface area contributed by atoms with Crippen LogP contribution in [0.2, 0.25) is 0 Å². The summed E-state index contributed by atoms with van der Waals surface area (Å²) in [4.78, 5) is 14.0. The molecule has 0 amide bonds. The van der Waals surface area contributed by atoms with Gasteiger partial charge in [-0.05, 0) is 17.5 Å². The highest BCUT2D eigenvalue weighted by Crippen LogP contribution is 2.12. The third-order valence-electron chi connectivity index (χ3n) is 2.70. The number of aromatic nitrogens is 5. The Morgan fingerprint density at radius 3 is 2.95 bits per heavy atom. The number of thiophene rings is 1. The maximum absolute atomic E-state index is 5.62. The van der Waals surface area contributed by atoms with E-state index in [0.717, 1.165) is 6.42 Å². The van der Waals surface area contributed by atoms with Crippen LogP contribution >= 0.6 is 11.3 Å².